The lowest BCUT2D eigenvalue weighted by Gasteiger charge is -2.40. The van der Waals surface area contributed by atoms with Gasteiger partial charge in [0.05, 0.1) is 0 Å². The van der Waals surface area contributed by atoms with Gasteiger partial charge in [0.25, 0.3) is 0 Å². The van der Waals surface area contributed by atoms with E-state index in [0.717, 1.165) is 85.6 Å². The molecule has 6 rings (SSSR count). The van der Waals surface area contributed by atoms with Crippen molar-refractivity contribution in [2.75, 3.05) is 92.6 Å². The van der Waals surface area contributed by atoms with E-state index in [4.69, 9.17) is 0 Å². The first-order chi connectivity index (χ1) is 43.5. The molecule has 0 atom stereocenters. The largest absolute Gasteiger partial charge is 0.315 e. The molecule has 0 amide bonds. The number of hydrogen-bond acceptors (Lipinski definition) is 14. The number of hydrogen-bond donors (Lipinski definition) is 7. The number of unbranched alkanes of at least 4 members (excludes halogenated alkanes) is 1. The zero-order chi connectivity index (χ0) is 70.9. The van der Waals surface area contributed by atoms with E-state index in [1.165, 1.54) is 168 Å². The SMILES string of the molecule is CC(C)N1CCC(N(C)C(C)C)CC1.CC(C)N1CCN(C(C)C)CC1.CC(C)NC1CCC(N(C)C(C)C)CC1.CC(C)NC1CCC(NC(C)C)CC1.CC(C)NC1CCN(C(C)C)CC1.CC(C)NC1CCN(C(C)C)CC1.CC(C)NCCCCNC(C)C. The van der Waals surface area contributed by atoms with Crippen LogP contribution in [0.5, 0.6) is 0 Å². The van der Waals surface area contributed by atoms with Crippen LogP contribution in [-0.2, 0) is 0 Å². The predicted octanol–water partition coefficient (Wildman–Crippen LogP) is 14.0. The van der Waals surface area contributed by atoms with Crippen molar-refractivity contribution in [3.05, 3.63) is 0 Å². The second-order valence-corrected chi connectivity index (χ2v) is 33.5. The highest BCUT2D eigenvalue weighted by molar-refractivity contribution is 4.86. The third kappa shape index (κ3) is 47.2. The molecule has 0 unspecified atom stereocenters. The van der Waals surface area contributed by atoms with Crippen LogP contribution in [0, 0.1) is 0 Å². The Labute approximate surface area is 584 Å². The molecule has 93 heavy (non-hydrogen) atoms. The summed E-state index contributed by atoms with van der Waals surface area (Å²) in [5.41, 5.74) is 0. The van der Waals surface area contributed by atoms with Gasteiger partial charge in [-0.25, -0.2) is 0 Å². The molecule has 0 bridgehead atoms. The van der Waals surface area contributed by atoms with Gasteiger partial charge in [-0.2, -0.15) is 0 Å². The fraction of sp³-hybridized carbons (Fsp3) is 1.00. The number of likely N-dealkylation sites (tertiary alicyclic amines) is 3. The van der Waals surface area contributed by atoms with Crippen LogP contribution in [-0.4, -0.2) is 254 Å². The van der Waals surface area contributed by atoms with Gasteiger partial charge in [0, 0.05) is 153 Å². The number of nitrogens with zero attached hydrogens (tertiary/aromatic N) is 7. The molecule has 14 heteroatoms. The lowest BCUT2D eigenvalue weighted by atomic mass is 9.89. The second kappa shape index (κ2) is 53.3. The van der Waals surface area contributed by atoms with E-state index in [-0.39, 0.29) is 0 Å². The summed E-state index contributed by atoms with van der Waals surface area (Å²) in [7, 11) is 4.53. The number of piperazine rings is 1. The minimum Gasteiger partial charge on any atom is -0.315 e. The van der Waals surface area contributed by atoms with Crippen molar-refractivity contribution in [2.45, 2.75) is 423 Å². The Balaban J connectivity index is 0.00000106. The van der Waals surface area contributed by atoms with Gasteiger partial charge in [-0.15, -0.1) is 0 Å². The average Bonchev–Trinajstić information content (AvgIpc) is 2.39. The van der Waals surface area contributed by atoms with E-state index in [1.807, 2.05) is 0 Å². The topological polar surface area (TPSA) is 107 Å². The fourth-order valence-corrected chi connectivity index (χ4v) is 14.1. The molecule has 0 radical (unpaired) electrons. The van der Waals surface area contributed by atoms with E-state index >= 15 is 0 Å². The van der Waals surface area contributed by atoms with Crippen LogP contribution in [0.15, 0.2) is 0 Å². The summed E-state index contributed by atoms with van der Waals surface area (Å²) in [6, 6.07) is 14.8. The standard InChI is InChI=1S/C13H28N2.2C12H26N2.2C11H24N2.C10H22N2.C10H24N2/c1-10(2)14-12-6-8-13(9-7-12)15(5)11(3)4;1-10(2)13(5)12-6-8-14(9-7-12)11(3)4;1-9(2)13-11-5-7-12(8-6-11)14-10(3)4;2*1-9(2)12-11-5-7-13(8-6-11)10(3)4;1-9(2)11-5-7-12(8-6-11)10(3)4;1-9(2)11-7-5-6-8-12-10(3)4/h10-14H,6-9H2,1-5H3;10-12H,6-9H2,1-5H3;9-14H,5-8H2,1-4H3;2*9-12H,5-8H2,1-4H3;9-10H,5-8H2,1-4H3;9-12H,5-8H2,1-4H3. The van der Waals surface area contributed by atoms with Crippen LogP contribution in [0.25, 0.3) is 0 Å². The number of rotatable bonds is 26. The van der Waals surface area contributed by atoms with E-state index < -0.39 is 0 Å². The van der Waals surface area contributed by atoms with Crippen LogP contribution < -0.4 is 37.2 Å². The molecule has 4 heterocycles. The highest BCUT2D eigenvalue weighted by Gasteiger charge is 2.28. The molecule has 0 aromatic heterocycles. The molecule has 6 aliphatic rings. The Morgan fingerprint density at radius 2 is 0.441 bits per heavy atom. The first-order valence-corrected chi connectivity index (χ1v) is 39.9. The Morgan fingerprint density at radius 1 is 0.247 bits per heavy atom. The van der Waals surface area contributed by atoms with E-state index in [0.29, 0.717) is 54.4 Å². The molecule has 2 saturated carbocycles. The molecule has 14 nitrogen and oxygen atoms in total. The fourth-order valence-electron chi connectivity index (χ4n) is 14.1. The molecule has 4 aliphatic heterocycles. The molecule has 2 aliphatic carbocycles. The second-order valence-electron chi connectivity index (χ2n) is 33.5. The van der Waals surface area contributed by atoms with Gasteiger partial charge in [-0.3, -0.25) is 9.80 Å². The maximum Gasteiger partial charge on any atom is 0.0119 e. The summed E-state index contributed by atoms with van der Waals surface area (Å²) in [6.07, 6.45) is 21.3. The van der Waals surface area contributed by atoms with E-state index in [9.17, 15) is 0 Å². The van der Waals surface area contributed by atoms with Crippen LogP contribution >= 0.6 is 0 Å². The van der Waals surface area contributed by atoms with Crippen molar-refractivity contribution < 1.29 is 0 Å². The Kier molecular flexibility index (Phi) is 53.0. The molecule has 6 fully saturated rings. The van der Waals surface area contributed by atoms with Crippen LogP contribution in [0.2, 0.25) is 0 Å². The molecule has 7 N–H and O–H groups in total. The third-order valence-corrected chi connectivity index (χ3v) is 20.3. The van der Waals surface area contributed by atoms with Gasteiger partial charge >= 0.3 is 0 Å². The van der Waals surface area contributed by atoms with Crippen LogP contribution in [0.1, 0.15) is 297 Å². The molecular weight excluding hydrogens is 1140 g/mol. The highest BCUT2D eigenvalue weighted by Crippen LogP contribution is 2.25. The summed E-state index contributed by atoms with van der Waals surface area (Å²) < 4.78 is 0. The monoisotopic (exact) mass is 1320 g/mol. The van der Waals surface area contributed by atoms with Crippen LogP contribution in [0.4, 0.5) is 0 Å². The van der Waals surface area contributed by atoms with Gasteiger partial charge in [0.2, 0.25) is 0 Å². The summed E-state index contributed by atoms with van der Waals surface area (Å²) in [5, 5.41) is 24.9. The molecule has 560 valence electrons. The Hall–Kier alpha value is -0.560. The van der Waals surface area contributed by atoms with Crippen molar-refractivity contribution >= 4 is 0 Å². The summed E-state index contributed by atoms with van der Waals surface area (Å²) in [4.78, 5) is 17.9. The average molecular weight is 1320 g/mol. The minimum atomic E-state index is 0.628. The normalized spacial score (nSPS) is 22.5. The smallest absolute Gasteiger partial charge is 0.0119 e. The van der Waals surface area contributed by atoms with Gasteiger partial charge in [-0.1, -0.05) is 96.9 Å². The molecule has 4 saturated heterocycles. The van der Waals surface area contributed by atoms with E-state index in [2.05, 4.69) is 279 Å². The van der Waals surface area contributed by atoms with Gasteiger partial charge in [0.1, 0.15) is 0 Å². The summed E-state index contributed by atoms with van der Waals surface area (Å²) >= 11 is 0. The van der Waals surface area contributed by atoms with Crippen molar-refractivity contribution in [1.29, 1.82) is 0 Å². The van der Waals surface area contributed by atoms with Crippen molar-refractivity contribution in [1.82, 2.24) is 71.5 Å². The number of nitrogens with one attached hydrogen (secondary N) is 7. The minimum absolute atomic E-state index is 0.628. The molecule has 0 spiro atoms. The van der Waals surface area contributed by atoms with Crippen molar-refractivity contribution in [3.8, 4) is 0 Å². The Morgan fingerprint density at radius 3 is 0.645 bits per heavy atom. The summed E-state index contributed by atoms with van der Waals surface area (Å²) in [5.74, 6) is 0. The van der Waals surface area contributed by atoms with Crippen LogP contribution in [0.3, 0.4) is 0 Å². The highest BCUT2D eigenvalue weighted by atomic mass is 15.3. The van der Waals surface area contributed by atoms with Crippen molar-refractivity contribution in [3.63, 3.8) is 0 Å². The maximum atomic E-state index is 3.65. The first kappa shape index (κ1) is 92.4. The zero-order valence-corrected chi connectivity index (χ0v) is 68.6. The van der Waals surface area contributed by atoms with Gasteiger partial charge in [-0.05, 0) is 266 Å². The summed E-state index contributed by atoms with van der Waals surface area (Å²) in [6.45, 7) is 78.0. The maximum absolute atomic E-state index is 3.65. The lowest BCUT2D eigenvalue weighted by molar-refractivity contribution is 0.0887. The van der Waals surface area contributed by atoms with E-state index in [1.54, 1.807) is 0 Å². The quantitative estimate of drug-likeness (QED) is 0.0418. The first-order valence-electron chi connectivity index (χ1n) is 39.9. The Bertz CT molecular complexity index is 1540. The third-order valence-electron chi connectivity index (χ3n) is 20.3. The lowest BCUT2D eigenvalue weighted by Crippen LogP contribution is -2.50. The van der Waals surface area contributed by atoms with Gasteiger partial charge < -0.3 is 61.7 Å². The molecular formula is C79H174N14. The van der Waals surface area contributed by atoms with Gasteiger partial charge in [0.15, 0.2) is 0 Å². The zero-order valence-electron chi connectivity index (χ0n) is 68.6. The number of piperidine rings is 3. The molecule has 0 aromatic rings. The van der Waals surface area contributed by atoms with Crippen molar-refractivity contribution in [2.24, 2.45) is 0 Å². The predicted molar refractivity (Wildman–Crippen MR) is 417 cm³/mol. The molecule has 0 aromatic carbocycles.